The van der Waals surface area contributed by atoms with Gasteiger partial charge in [-0.3, -0.25) is 9.59 Å². The van der Waals surface area contributed by atoms with E-state index in [2.05, 4.69) is 5.32 Å². The highest BCUT2D eigenvalue weighted by atomic mass is 35.5. The first-order valence-electron chi connectivity index (χ1n) is 10.0. The summed E-state index contributed by atoms with van der Waals surface area (Å²) in [7, 11) is 1.53. The predicted octanol–water partition coefficient (Wildman–Crippen LogP) is 5.14. The maximum atomic E-state index is 13.5. The molecule has 0 aliphatic carbocycles. The minimum Gasteiger partial charge on any atom is -0.497 e. The molecule has 3 aromatic rings. The Morgan fingerprint density at radius 3 is 2.28 bits per heavy atom. The van der Waals surface area contributed by atoms with Crippen LogP contribution in [0, 0.1) is 0 Å². The molecule has 0 bridgehead atoms. The van der Waals surface area contributed by atoms with Gasteiger partial charge in [-0.25, -0.2) is 4.90 Å². The molecule has 2 amide bonds. The number of carbonyl (C=O) groups excluding carboxylic acids is 2. The van der Waals surface area contributed by atoms with Gasteiger partial charge in [0, 0.05) is 16.8 Å². The summed E-state index contributed by atoms with van der Waals surface area (Å²) in [4.78, 5) is 28.0. The molecule has 4 rings (SSSR count). The zero-order chi connectivity index (χ0) is 22.7. The van der Waals surface area contributed by atoms with Gasteiger partial charge in [-0.15, -0.1) is 0 Å². The fourth-order valence-corrected chi connectivity index (χ4v) is 3.59. The lowest BCUT2D eigenvalue weighted by atomic mass is 10.0. The zero-order valence-electron chi connectivity index (χ0n) is 17.6. The molecule has 0 spiro atoms. The topological polar surface area (TPSA) is 67.9 Å². The summed E-state index contributed by atoms with van der Waals surface area (Å²) in [6, 6.07) is 20.8. The molecule has 0 saturated carbocycles. The Kier molecular flexibility index (Phi) is 6.14. The first-order valence-corrected chi connectivity index (χ1v) is 10.4. The van der Waals surface area contributed by atoms with Crippen LogP contribution in [0.4, 0.5) is 11.4 Å². The molecule has 6 nitrogen and oxygen atoms in total. The molecule has 3 aromatic carbocycles. The molecule has 0 unspecified atom stereocenters. The van der Waals surface area contributed by atoms with E-state index in [4.69, 9.17) is 21.1 Å². The average Bonchev–Trinajstić information content (AvgIpc) is 3.05. The molecule has 32 heavy (non-hydrogen) atoms. The maximum Gasteiger partial charge on any atom is 0.282 e. The third-order valence-electron chi connectivity index (χ3n) is 4.96. The highest BCUT2D eigenvalue weighted by molar-refractivity contribution is 6.46. The number of nitrogens with zero attached hydrogens (tertiary/aromatic N) is 1. The predicted molar refractivity (Wildman–Crippen MR) is 125 cm³/mol. The molecular weight excluding hydrogens is 428 g/mol. The average molecular weight is 449 g/mol. The molecule has 0 fully saturated rings. The number of hydrogen-bond acceptors (Lipinski definition) is 5. The molecule has 0 aromatic heterocycles. The van der Waals surface area contributed by atoms with E-state index in [1.165, 1.54) is 7.11 Å². The van der Waals surface area contributed by atoms with Crippen LogP contribution in [0.1, 0.15) is 12.5 Å². The summed E-state index contributed by atoms with van der Waals surface area (Å²) in [5, 5.41) is 3.67. The van der Waals surface area contributed by atoms with Crippen LogP contribution in [0.15, 0.2) is 78.5 Å². The van der Waals surface area contributed by atoms with Crippen molar-refractivity contribution in [1.82, 2.24) is 0 Å². The van der Waals surface area contributed by atoms with Gasteiger partial charge in [0.15, 0.2) is 0 Å². The van der Waals surface area contributed by atoms with Crippen molar-refractivity contribution in [3.8, 4) is 11.5 Å². The number of rotatable bonds is 7. The molecule has 7 heteroatoms. The highest BCUT2D eigenvalue weighted by Gasteiger charge is 2.40. The van der Waals surface area contributed by atoms with Crippen LogP contribution >= 0.6 is 11.6 Å². The van der Waals surface area contributed by atoms with E-state index in [0.717, 1.165) is 10.6 Å². The summed E-state index contributed by atoms with van der Waals surface area (Å²) >= 11 is 6.03. The van der Waals surface area contributed by atoms with Crippen molar-refractivity contribution in [1.29, 1.82) is 0 Å². The van der Waals surface area contributed by atoms with Crippen LogP contribution in [0.25, 0.3) is 5.57 Å². The van der Waals surface area contributed by atoms with Crippen LogP contribution in [0.3, 0.4) is 0 Å². The van der Waals surface area contributed by atoms with E-state index in [0.29, 0.717) is 34.3 Å². The lowest BCUT2D eigenvalue weighted by Gasteiger charge is -2.16. The quantitative estimate of drug-likeness (QED) is 0.506. The van der Waals surface area contributed by atoms with Crippen molar-refractivity contribution in [2.75, 3.05) is 23.9 Å². The Bertz CT molecular complexity index is 1190. The van der Waals surface area contributed by atoms with E-state index < -0.39 is 11.8 Å². The van der Waals surface area contributed by atoms with Gasteiger partial charge in [0.2, 0.25) is 0 Å². The molecule has 0 radical (unpaired) electrons. The minimum absolute atomic E-state index is 0.185. The molecule has 1 aliphatic rings. The molecule has 162 valence electrons. The lowest BCUT2D eigenvalue weighted by Crippen LogP contribution is -2.32. The van der Waals surface area contributed by atoms with E-state index in [-0.39, 0.29) is 11.3 Å². The molecule has 1 aliphatic heterocycles. The van der Waals surface area contributed by atoms with E-state index in [1.54, 1.807) is 72.8 Å². The SMILES string of the molecule is CCOc1ccc(NC2=C(c3ccc(Cl)cc3)C(=O)N(c3cccc(OC)c3)C2=O)cc1. The van der Waals surface area contributed by atoms with Crippen molar-refractivity contribution in [3.63, 3.8) is 0 Å². The standard InChI is InChI=1S/C25H21ClN2O4/c1-3-32-20-13-11-18(12-14-20)27-23-22(16-7-9-17(26)10-8-16)24(29)28(25(23)30)19-5-4-6-21(15-19)31-2/h4-15,27H,3H2,1-2H3. The summed E-state index contributed by atoms with van der Waals surface area (Å²) in [6.45, 7) is 2.46. The van der Waals surface area contributed by atoms with Gasteiger partial charge in [0.1, 0.15) is 17.2 Å². The van der Waals surface area contributed by atoms with E-state index in [1.807, 2.05) is 6.92 Å². The molecule has 0 saturated heterocycles. The van der Waals surface area contributed by atoms with Crippen molar-refractivity contribution < 1.29 is 19.1 Å². The second-order valence-corrected chi connectivity index (χ2v) is 7.42. The maximum absolute atomic E-state index is 13.5. The van der Waals surface area contributed by atoms with E-state index >= 15 is 0 Å². The number of carbonyl (C=O) groups is 2. The Morgan fingerprint density at radius 2 is 1.62 bits per heavy atom. The number of methoxy groups -OCH3 is 1. The van der Waals surface area contributed by atoms with Gasteiger partial charge < -0.3 is 14.8 Å². The van der Waals surface area contributed by atoms with Crippen LogP contribution < -0.4 is 19.7 Å². The molecule has 0 atom stereocenters. The van der Waals surface area contributed by atoms with Gasteiger partial charge in [0.25, 0.3) is 11.8 Å². The van der Waals surface area contributed by atoms with Crippen LogP contribution in [-0.4, -0.2) is 25.5 Å². The van der Waals surface area contributed by atoms with Crippen LogP contribution in [0.2, 0.25) is 5.02 Å². The fraction of sp³-hybridized carbons (Fsp3) is 0.120. The van der Waals surface area contributed by atoms with Crippen LogP contribution in [-0.2, 0) is 9.59 Å². The Labute approximate surface area is 191 Å². The molecule has 1 N–H and O–H groups in total. The second kappa shape index (κ2) is 9.16. The van der Waals surface area contributed by atoms with Crippen molar-refractivity contribution in [3.05, 3.63) is 89.1 Å². The third kappa shape index (κ3) is 4.18. The number of imide groups is 1. The van der Waals surface area contributed by atoms with E-state index in [9.17, 15) is 9.59 Å². The number of nitrogens with one attached hydrogen (secondary N) is 1. The third-order valence-corrected chi connectivity index (χ3v) is 5.21. The van der Waals surface area contributed by atoms with Gasteiger partial charge in [-0.1, -0.05) is 29.8 Å². The fourth-order valence-electron chi connectivity index (χ4n) is 3.46. The lowest BCUT2D eigenvalue weighted by molar-refractivity contribution is -0.120. The number of hydrogen-bond donors (Lipinski definition) is 1. The highest BCUT2D eigenvalue weighted by Crippen LogP contribution is 2.35. The molecule has 1 heterocycles. The number of benzene rings is 3. The minimum atomic E-state index is -0.456. The monoisotopic (exact) mass is 448 g/mol. The summed E-state index contributed by atoms with van der Waals surface area (Å²) < 4.78 is 10.7. The second-order valence-electron chi connectivity index (χ2n) is 6.99. The smallest absolute Gasteiger partial charge is 0.282 e. The Balaban J connectivity index is 1.76. The summed E-state index contributed by atoms with van der Waals surface area (Å²) in [5.74, 6) is 0.377. The van der Waals surface area contributed by atoms with Crippen molar-refractivity contribution in [2.24, 2.45) is 0 Å². The van der Waals surface area contributed by atoms with Gasteiger partial charge in [0.05, 0.1) is 25.0 Å². The first-order chi connectivity index (χ1) is 15.5. The number of halogens is 1. The number of amides is 2. The first kappa shape index (κ1) is 21.5. The van der Waals surface area contributed by atoms with Gasteiger partial charge in [-0.05, 0) is 61.0 Å². The largest absolute Gasteiger partial charge is 0.497 e. The zero-order valence-corrected chi connectivity index (χ0v) is 18.3. The molecular formula is C25H21ClN2O4. The van der Waals surface area contributed by atoms with Gasteiger partial charge >= 0.3 is 0 Å². The Hall–Kier alpha value is -3.77. The summed E-state index contributed by atoms with van der Waals surface area (Å²) in [6.07, 6.45) is 0. The van der Waals surface area contributed by atoms with Crippen LogP contribution in [0.5, 0.6) is 11.5 Å². The number of anilines is 2. The van der Waals surface area contributed by atoms with Gasteiger partial charge in [-0.2, -0.15) is 0 Å². The Morgan fingerprint density at radius 1 is 0.906 bits per heavy atom. The number of ether oxygens (including phenoxy) is 2. The summed E-state index contributed by atoms with van der Waals surface area (Å²) in [5.41, 5.74) is 2.12. The normalized spacial score (nSPS) is 13.5. The van der Waals surface area contributed by atoms with Crippen molar-refractivity contribution in [2.45, 2.75) is 6.92 Å². The van der Waals surface area contributed by atoms with Crippen molar-refractivity contribution >= 4 is 40.4 Å².